The molecule has 0 aliphatic heterocycles. The van der Waals surface area contributed by atoms with Crippen molar-refractivity contribution in [3.8, 4) is 6.07 Å². The first-order valence-corrected chi connectivity index (χ1v) is 10.2. The topological polar surface area (TPSA) is 67.7 Å². The number of pyridine rings is 1. The van der Waals surface area contributed by atoms with Crippen LogP contribution in [0.25, 0.3) is 23.1 Å². The van der Waals surface area contributed by atoms with Gasteiger partial charge in [0.1, 0.15) is 6.07 Å². The molecule has 0 atom stereocenters. The second kappa shape index (κ2) is 8.86. The third-order valence-electron chi connectivity index (χ3n) is 5.26. The molecule has 4 rings (SSSR count). The van der Waals surface area contributed by atoms with E-state index in [4.69, 9.17) is 0 Å². The van der Waals surface area contributed by atoms with E-state index in [1.807, 2.05) is 24.4 Å². The van der Waals surface area contributed by atoms with Crippen molar-refractivity contribution >= 4 is 34.4 Å². The minimum absolute atomic E-state index is 0.511. The summed E-state index contributed by atoms with van der Waals surface area (Å²) in [6.45, 7) is 2.97. The molecular weight excluding hydrogens is 382 g/mol. The molecule has 0 bridgehead atoms. The number of nitrogens with zero attached hydrogens (tertiary/aromatic N) is 3. The monoisotopic (exact) mass is 407 g/mol. The molecule has 0 saturated heterocycles. The Kier molecular flexibility index (Phi) is 5.83. The van der Waals surface area contributed by atoms with E-state index in [1.54, 1.807) is 12.4 Å². The fourth-order valence-electron chi connectivity index (χ4n) is 3.73. The van der Waals surface area contributed by atoms with Crippen LogP contribution >= 0.6 is 0 Å². The van der Waals surface area contributed by atoms with Crippen molar-refractivity contribution in [3.05, 3.63) is 88.9 Å². The van der Waals surface area contributed by atoms with Gasteiger partial charge in [-0.25, -0.2) is 0 Å². The first-order chi connectivity index (χ1) is 15.0. The second-order valence-corrected chi connectivity index (χ2v) is 7.88. The lowest BCUT2D eigenvalue weighted by molar-refractivity contribution is 0.402. The SMILES string of the molecule is Cc1c(Nc2c(C#N)cncc2C=Cc2cccc(CN(C)C)c2)ccc2[nH]ccc12. The highest BCUT2D eigenvalue weighted by atomic mass is 15.0. The molecular formula is C26H25N5. The van der Waals surface area contributed by atoms with Crippen LogP contribution in [0, 0.1) is 18.3 Å². The Bertz CT molecular complexity index is 1290. The fourth-order valence-corrected chi connectivity index (χ4v) is 3.73. The van der Waals surface area contributed by atoms with Gasteiger partial charge in [-0.2, -0.15) is 5.26 Å². The number of benzene rings is 2. The van der Waals surface area contributed by atoms with Crippen LogP contribution in [-0.2, 0) is 6.54 Å². The van der Waals surface area contributed by atoms with E-state index in [1.165, 1.54) is 5.56 Å². The molecule has 0 unspecified atom stereocenters. The highest BCUT2D eigenvalue weighted by molar-refractivity contribution is 5.90. The third-order valence-corrected chi connectivity index (χ3v) is 5.26. The van der Waals surface area contributed by atoms with E-state index >= 15 is 0 Å². The maximum absolute atomic E-state index is 9.67. The van der Waals surface area contributed by atoms with Gasteiger partial charge in [-0.1, -0.05) is 36.4 Å². The molecule has 0 spiro atoms. The van der Waals surface area contributed by atoms with Gasteiger partial charge in [0.05, 0.1) is 11.3 Å². The average molecular weight is 408 g/mol. The number of hydrogen-bond acceptors (Lipinski definition) is 4. The van der Waals surface area contributed by atoms with Gasteiger partial charge < -0.3 is 15.2 Å². The van der Waals surface area contributed by atoms with Crippen LogP contribution in [-0.4, -0.2) is 29.0 Å². The minimum atomic E-state index is 0.511. The molecule has 0 aliphatic rings. The van der Waals surface area contributed by atoms with Gasteiger partial charge >= 0.3 is 0 Å². The third kappa shape index (κ3) is 4.50. The van der Waals surface area contributed by atoms with E-state index in [0.717, 1.165) is 45.5 Å². The molecule has 2 heterocycles. The molecule has 154 valence electrons. The first-order valence-electron chi connectivity index (χ1n) is 10.2. The van der Waals surface area contributed by atoms with Gasteiger partial charge in [0.2, 0.25) is 0 Å². The van der Waals surface area contributed by atoms with Gasteiger partial charge in [0, 0.05) is 47.3 Å². The van der Waals surface area contributed by atoms with Gasteiger partial charge in [0.15, 0.2) is 0 Å². The van der Waals surface area contributed by atoms with Crippen LogP contribution in [0.5, 0.6) is 0 Å². The van der Waals surface area contributed by atoms with Crippen molar-refractivity contribution in [2.75, 3.05) is 19.4 Å². The van der Waals surface area contributed by atoms with Crippen molar-refractivity contribution in [2.24, 2.45) is 0 Å². The van der Waals surface area contributed by atoms with Gasteiger partial charge in [-0.3, -0.25) is 4.98 Å². The average Bonchev–Trinajstić information content (AvgIpc) is 3.24. The van der Waals surface area contributed by atoms with Crippen molar-refractivity contribution in [1.82, 2.24) is 14.9 Å². The van der Waals surface area contributed by atoms with Crippen LogP contribution in [0.1, 0.15) is 27.8 Å². The number of H-pyrrole nitrogens is 1. The number of nitrogens with one attached hydrogen (secondary N) is 2. The fraction of sp³-hybridized carbons (Fsp3) is 0.154. The number of hydrogen-bond donors (Lipinski definition) is 2. The molecule has 2 aromatic heterocycles. The summed E-state index contributed by atoms with van der Waals surface area (Å²) in [5.74, 6) is 0. The minimum Gasteiger partial charge on any atom is -0.361 e. The second-order valence-electron chi connectivity index (χ2n) is 7.88. The molecule has 0 radical (unpaired) electrons. The highest BCUT2D eigenvalue weighted by Gasteiger charge is 2.11. The lowest BCUT2D eigenvalue weighted by Gasteiger charge is -2.14. The summed E-state index contributed by atoms with van der Waals surface area (Å²) < 4.78 is 0. The Morgan fingerprint density at radius 1 is 1.13 bits per heavy atom. The predicted octanol–water partition coefficient (Wildman–Crippen LogP) is 5.72. The van der Waals surface area contributed by atoms with E-state index in [9.17, 15) is 5.26 Å². The highest BCUT2D eigenvalue weighted by Crippen LogP contribution is 2.31. The quantitative estimate of drug-likeness (QED) is 0.429. The van der Waals surface area contributed by atoms with E-state index in [0.29, 0.717) is 5.56 Å². The zero-order valence-corrected chi connectivity index (χ0v) is 18.0. The summed E-state index contributed by atoms with van der Waals surface area (Å²) in [6.07, 6.45) is 9.39. The summed E-state index contributed by atoms with van der Waals surface area (Å²) in [6, 6.07) is 16.9. The molecule has 5 heteroatoms. The Morgan fingerprint density at radius 3 is 2.81 bits per heavy atom. The van der Waals surface area contributed by atoms with Gasteiger partial charge in [-0.15, -0.1) is 0 Å². The molecule has 0 amide bonds. The van der Waals surface area contributed by atoms with Crippen LogP contribution < -0.4 is 5.32 Å². The lowest BCUT2D eigenvalue weighted by Crippen LogP contribution is -2.10. The summed E-state index contributed by atoms with van der Waals surface area (Å²) in [5.41, 5.74) is 7.69. The Labute approximate surface area is 182 Å². The number of rotatable bonds is 6. The summed E-state index contributed by atoms with van der Waals surface area (Å²) in [7, 11) is 4.12. The molecule has 2 aromatic carbocycles. The zero-order valence-electron chi connectivity index (χ0n) is 18.0. The van der Waals surface area contributed by atoms with Crippen molar-refractivity contribution < 1.29 is 0 Å². The summed E-state index contributed by atoms with van der Waals surface area (Å²) in [4.78, 5) is 9.65. The van der Waals surface area contributed by atoms with Gasteiger partial charge in [-0.05, 0) is 55.9 Å². The molecule has 4 aromatic rings. The summed E-state index contributed by atoms with van der Waals surface area (Å²) in [5, 5.41) is 14.3. The number of anilines is 2. The maximum Gasteiger partial charge on any atom is 0.103 e. The van der Waals surface area contributed by atoms with E-state index < -0.39 is 0 Å². The van der Waals surface area contributed by atoms with Crippen LogP contribution in [0.4, 0.5) is 11.4 Å². The van der Waals surface area contributed by atoms with Crippen molar-refractivity contribution in [3.63, 3.8) is 0 Å². The zero-order chi connectivity index (χ0) is 21.8. The number of aromatic amines is 1. The number of nitriles is 1. The van der Waals surface area contributed by atoms with Crippen LogP contribution in [0.15, 0.2) is 61.1 Å². The Morgan fingerprint density at radius 2 is 2.00 bits per heavy atom. The van der Waals surface area contributed by atoms with Crippen LogP contribution in [0.3, 0.4) is 0 Å². The van der Waals surface area contributed by atoms with E-state index in [-0.39, 0.29) is 0 Å². The molecule has 5 nitrogen and oxygen atoms in total. The maximum atomic E-state index is 9.67. The largest absolute Gasteiger partial charge is 0.361 e. The molecule has 0 saturated carbocycles. The number of fused-ring (bicyclic) bond motifs is 1. The lowest BCUT2D eigenvalue weighted by atomic mass is 10.1. The van der Waals surface area contributed by atoms with Crippen LogP contribution in [0.2, 0.25) is 0 Å². The Hall–Kier alpha value is -3.88. The van der Waals surface area contributed by atoms with Crippen molar-refractivity contribution in [1.29, 1.82) is 5.26 Å². The summed E-state index contributed by atoms with van der Waals surface area (Å²) >= 11 is 0. The first kappa shape index (κ1) is 20.4. The molecule has 0 aliphatic carbocycles. The molecule has 31 heavy (non-hydrogen) atoms. The normalized spacial score (nSPS) is 11.3. The number of aromatic nitrogens is 2. The van der Waals surface area contributed by atoms with E-state index in [2.05, 4.69) is 83.7 Å². The standard InChI is InChI=1S/C26H25N5/c1-18-23-11-12-29-25(23)10-9-24(18)30-26-21(15-28-16-22(26)14-27)8-7-19-5-4-6-20(13-19)17-31(2)3/h4-13,15-16,29H,17H2,1-3H3,(H,28,30). The predicted molar refractivity (Wildman–Crippen MR) is 128 cm³/mol. The molecule has 0 fully saturated rings. The number of aryl methyl sites for hydroxylation is 1. The molecule has 2 N–H and O–H groups in total. The van der Waals surface area contributed by atoms with Gasteiger partial charge in [0.25, 0.3) is 0 Å². The Balaban J connectivity index is 1.69. The smallest absolute Gasteiger partial charge is 0.103 e. The van der Waals surface area contributed by atoms with Crippen molar-refractivity contribution in [2.45, 2.75) is 13.5 Å².